The van der Waals surface area contributed by atoms with E-state index in [0.29, 0.717) is 13.1 Å². The molecule has 0 aliphatic carbocycles. The third-order valence-corrected chi connectivity index (χ3v) is 2.63. The fourth-order valence-electron chi connectivity index (χ4n) is 1.46. The summed E-state index contributed by atoms with van der Waals surface area (Å²) in [7, 11) is 0. The van der Waals surface area contributed by atoms with Crippen LogP contribution in [0.15, 0.2) is 12.3 Å². The van der Waals surface area contributed by atoms with Gasteiger partial charge in [0.2, 0.25) is 0 Å². The number of aromatic nitrogens is 2. The molecule has 0 saturated heterocycles. The Bertz CT molecular complexity index is 362. The maximum absolute atomic E-state index is 11.3. The summed E-state index contributed by atoms with van der Waals surface area (Å²) in [5.41, 5.74) is -0.00181. The van der Waals surface area contributed by atoms with Crippen molar-refractivity contribution in [2.75, 3.05) is 6.54 Å². The third kappa shape index (κ3) is 2.82. The Hall–Kier alpha value is -1.36. The molecule has 16 heavy (non-hydrogen) atoms. The topological polar surface area (TPSA) is 67.2 Å². The number of rotatable bonds is 6. The quantitative estimate of drug-likeness (QED) is 0.759. The number of carboxylic acid groups (broad SMARTS) is 1. The summed E-state index contributed by atoms with van der Waals surface area (Å²) < 4.78 is 1.71. The van der Waals surface area contributed by atoms with Gasteiger partial charge in [0.1, 0.15) is 5.54 Å². The summed E-state index contributed by atoms with van der Waals surface area (Å²) in [6.45, 7) is 6.62. The van der Waals surface area contributed by atoms with Gasteiger partial charge < -0.3 is 10.4 Å². The smallest absolute Gasteiger partial charge is 0.325 e. The van der Waals surface area contributed by atoms with Gasteiger partial charge in [-0.2, -0.15) is 5.10 Å². The molecule has 1 heterocycles. The number of carboxylic acids is 1. The van der Waals surface area contributed by atoms with Gasteiger partial charge in [0.05, 0.1) is 6.54 Å². The van der Waals surface area contributed by atoms with Crippen molar-refractivity contribution in [2.45, 2.75) is 39.3 Å². The molecular formula is C11H19N3O2. The van der Waals surface area contributed by atoms with Crippen molar-refractivity contribution in [3.05, 3.63) is 18.0 Å². The highest BCUT2D eigenvalue weighted by atomic mass is 16.4. The van der Waals surface area contributed by atoms with Crippen LogP contribution in [-0.4, -0.2) is 32.9 Å². The van der Waals surface area contributed by atoms with Crippen molar-refractivity contribution in [3.8, 4) is 0 Å². The monoisotopic (exact) mass is 225 g/mol. The van der Waals surface area contributed by atoms with Crippen molar-refractivity contribution < 1.29 is 9.90 Å². The first-order valence-corrected chi connectivity index (χ1v) is 5.46. The zero-order chi connectivity index (χ0) is 12.2. The van der Waals surface area contributed by atoms with Crippen LogP contribution < -0.4 is 5.32 Å². The maximum Gasteiger partial charge on any atom is 0.325 e. The van der Waals surface area contributed by atoms with E-state index in [1.807, 2.05) is 19.9 Å². The molecular weight excluding hydrogens is 206 g/mol. The van der Waals surface area contributed by atoms with Gasteiger partial charge in [0.15, 0.2) is 0 Å². The van der Waals surface area contributed by atoms with Gasteiger partial charge in [0.25, 0.3) is 0 Å². The number of hydrogen-bond donors (Lipinski definition) is 2. The zero-order valence-corrected chi connectivity index (χ0v) is 10.0. The number of aryl methyl sites for hydroxylation is 1. The van der Waals surface area contributed by atoms with E-state index in [4.69, 9.17) is 0 Å². The fourth-order valence-corrected chi connectivity index (χ4v) is 1.46. The first-order chi connectivity index (χ1) is 7.49. The Balaban J connectivity index is 2.79. The van der Waals surface area contributed by atoms with E-state index in [0.717, 1.165) is 12.1 Å². The van der Waals surface area contributed by atoms with Crippen LogP contribution in [0.3, 0.4) is 0 Å². The first kappa shape index (κ1) is 12.7. The van der Waals surface area contributed by atoms with E-state index in [-0.39, 0.29) is 0 Å². The van der Waals surface area contributed by atoms with Crippen molar-refractivity contribution in [3.63, 3.8) is 0 Å². The van der Waals surface area contributed by atoms with Crippen LogP contribution in [0, 0.1) is 6.92 Å². The number of aliphatic carboxylic acids is 1. The minimum atomic E-state index is -0.965. The molecule has 1 atom stereocenters. The van der Waals surface area contributed by atoms with Crippen LogP contribution in [0.5, 0.6) is 0 Å². The lowest BCUT2D eigenvalue weighted by Crippen LogP contribution is -2.53. The molecule has 0 radical (unpaired) electrons. The molecule has 0 spiro atoms. The van der Waals surface area contributed by atoms with Crippen LogP contribution >= 0.6 is 0 Å². The third-order valence-electron chi connectivity index (χ3n) is 2.63. The number of nitrogens with one attached hydrogen (secondary N) is 1. The van der Waals surface area contributed by atoms with Gasteiger partial charge in [0, 0.05) is 11.9 Å². The summed E-state index contributed by atoms with van der Waals surface area (Å²) >= 11 is 0. The standard InChI is InChI=1S/C11H19N3O2/c1-4-6-12-11(3,10(15)16)8-14-9(2)5-7-13-14/h5,7,12H,4,6,8H2,1-3H3,(H,15,16). The highest BCUT2D eigenvalue weighted by Crippen LogP contribution is 2.09. The highest BCUT2D eigenvalue weighted by molar-refractivity contribution is 5.78. The Morgan fingerprint density at radius 1 is 1.69 bits per heavy atom. The molecule has 90 valence electrons. The van der Waals surface area contributed by atoms with E-state index in [2.05, 4.69) is 10.4 Å². The fraction of sp³-hybridized carbons (Fsp3) is 0.636. The lowest BCUT2D eigenvalue weighted by atomic mass is 10.0. The number of carbonyl (C=O) groups is 1. The molecule has 0 fully saturated rings. The molecule has 0 amide bonds. The van der Waals surface area contributed by atoms with Crippen LogP contribution in [0.25, 0.3) is 0 Å². The molecule has 5 nitrogen and oxygen atoms in total. The average molecular weight is 225 g/mol. The molecule has 0 aliphatic heterocycles. The predicted molar refractivity (Wildman–Crippen MR) is 61.3 cm³/mol. The van der Waals surface area contributed by atoms with Crippen molar-refractivity contribution in [2.24, 2.45) is 0 Å². The normalized spacial score (nSPS) is 14.7. The van der Waals surface area contributed by atoms with E-state index < -0.39 is 11.5 Å². The van der Waals surface area contributed by atoms with Gasteiger partial charge in [-0.3, -0.25) is 9.48 Å². The Labute approximate surface area is 95.5 Å². The molecule has 1 aromatic rings. The zero-order valence-electron chi connectivity index (χ0n) is 10.0. The van der Waals surface area contributed by atoms with Gasteiger partial charge in [-0.25, -0.2) is 0 Å². The summed E-state index contributed by atoms with van der Waals surface area (Å²) in [6.07, 6.45) is 2.58. The molecule has 0 aliphatic rings. The molecule has 0 bridgehead atoms. The maximum atomic E-state index is 11.3. The minimum absolute atomic E-state index is 0.334. The van der Waals surface area contributed by atoms with Gasteiger partial charge in [-0.05, 0) is 32.9 Å². The van der Waals surface area contributed by atoms with Gasteiger partial charge in [-0.1, -0.05) is 6.92 Å². The van der Waals surface area contributed by atoms with E-state index in [1.165, 1.54) is 0 Å². The van der Waals surface area contributed by atoms with Gasteiger partial charge >= 0.3 is 5.97 Å². The van der Waals surface area contributed by atoms with E-state index >= 15 is 0 Å². The number of hydrogen-bond acceptors (Lipinski definition) is 3. The van der Waals surface area contributed by atoms with Crippen molar-refractivity contribution in [1.29, 1.82) is 0 Å². The number of nitrogens with zero attached hydrogens (tertiary/aromatic N) is 2. The Morgan fingerprint density at radius 3 is 2.81 bits per heavy atom. The van der Waals surface area contributed by atoms with Crippen LogP contribution in [-0.2, 0) is 11.3 Å². The van der Waals surface area contributed by atoms with E-state index in [9.17, 15) is 9.90 Å². The average Bonchev–Trinajstić information content (AvgIpc) is 2.61. The molecule has 0 aromatic carbocycles. The summed E-state index contributed by atoms with van der Waals surface area (Å²) in [4.78, 5) is 11.3. The highest BCUT2D eigenvalue weighted by Gasteiger charge is 2.33. The lowest BCUT2D eigenvalue weighted by Gasteiger charge is -2.26. The Kier molecular flexibility index (Phi) is 4.06. The molecule has 1 unspecified atom stereocenters. The van der Waals surface area contributed by atoms with Crippen LogP contribution in [0.2, 0.25) is 0 Å². The second-order valence-electron chi connectivity index (χ2n) is 4.19. The second kappa shape index (κ2) is 5.12. The van der Waals surface area contributed by atoms with Crippen LogP contribution in [0.1, 0.15) is 26.0 Å². The van der Waals surface area contributed by atoms with Gasteiger partial charge in [-0.15, -0.1) is 0 Å². The largest absolute Gasteiger partial charge is 0.480 e. The molecule has 0 saturated carbocycles. The summed E-state index contributed by atoms with van der Waals surface area (Å²) in [5.74, 6) is -0.851. The van der Waals surface area contributed by atoms with Crippen molar-refractivity contribution >= 4 is 5.97 Å². The molecule has 2 N–H and O–H groups in total. The SMILES string of the molecule is CCCNC(C)(Cn1nccc1C)C(=O)O. The molecule has 1 aromatic heterocycles. The lowest BCUT2D eigenvalue weighted by molar-refractivity contribution is -0.144. The van der Waals surface area contributed by atoms with Crippen molar-refractivity contribution in [1.82, 2.24) is 15.1 Å². The predicted octanol–water partition coefficient (Wildman–Crippen LogP) is 1.03. The molecule has 5 heteroatoms. The molecule has 1 rings (SSSR count). The summed E-state index contributed by atoms with van der Waals surface area (Å²) in [6, 6.07) is 1.86. The minimum Gasteiger partial charge on any atom is -0.480 e. The first-order valence-electron chi connectivity index (χ1n) is 5.46. The van der Waals surface area contributed by atoms with E-state index in [1.54, 1.807) is 17.8 Å². The summed E-state index contributed by atoms with van der Waals surface area (Å²) in [5, 5.41) is 16.4. The second-order valence-corrected chi connectivity index (χ2v) is 4.19. The van der Waals surface area contributed by atoms with Crippen LogP contribution in [0.4, 0.5) is 0 Å². The Morgan fingerprint density at radius 2 is 2.38 bits per heavy atom.